The summed E-state index contributed by atoms with van der Waals surface area (Å²) < 4.78 is 0. The van der Waals surface area contributed by atoms with E-state index in [1.165, 1.54) is 143 Å². The normalized spacial score (nSPS) is 12.2. The lowest BCUT2D eigenvalue weighted by atomic mass is 9.82. The number of fused-ring (bicyclic) bond motifs is 8. The van der Waals surface area contributed by atoms with Gasteiger partial charge in [-0.2, -0.15) is 0 Å². The molecule has 0 saturated heterocycles. The minimum atomic E-state index is 1.21. The van der Waals surface area contributed by atoms with Gasteiger partial charge in [0.15, 0.2) is 0 Å². The summed E-state index contributed by atoms with van der Waals surface area (Å²) in [4.78, 5) is 0. The molecule has 12 aromatic carbocycles. The molecule has 0 amide bonds. The van der Waals surface area contributed by atoms with Gasteiger partial charge in [0, 0.05) is 0 Å². The second-order valence-electron chi connectivity index (χ2n) is 17.7. The number of rotatable bonds is 6. The van der Waals surface area contributed by atoms with Gasteiger partial charge in [-0.05, 0) is 143 Å². The minimum absolute atomic E-state index is 1.21. The van der Waals surface area contributed by atoms with Gasteiger partial charge < -0.3 is 0 Å². The Morgan fingerprint density at radius 1 is 0.182 bits per heavy atom. The Morgan fingerprint density at radius 2 is 0.439 bits per heavy atom. The molecular weight excluding hydrogens is 793 g/mol. The lowest BCUT2D eigenvalue weighted by Crippen LogP contribution is -1.93. The molecule has 0 fully saturated rings. The lowest BCUT2D eigenvalue weighted by molar-refractivity contribution is 1.62. The summed E-state index contributed by atoms with van der Waals surface area (Å²) >= 11 is 0. The van der Waals surface area contributed by atoms with Crippen molar-refractivity contribution in [3.8, 4) is 89.0 Å². The van der Waals surface area contributed by atoms with E-state index < -0.39 is 0 Å². The zero-order valence-corrected chi connectivity index (χ0v) is 36.1. The van der Waals surface area contributed by atoms with E-state index in [9.17, 15) is 0 Å². The van der Waals surface area contributed by atoms with E-state index in [-0.39, 0.29) is 0 Å². The van der Waals surface area contributed by atoms with Crippen LogP contribution in [-0.4, -0.2) is 0 Å². The second-order valence-corrected chi connectivity index (χ2v) is 17.7. The van der Waals surface area contributed by atoms with Crippen LogP contribution in [0.3, 0.4) is 0 Å². The average molecular weight is 833 g/mol. The molecule has 0 heteroatoms. The van der Waals surface area contributed by atoms with Crippen molar-refractivity contribution >= 4 is 55.2 Å². The van der Waals surface area contributed by atoms with Gasteiger partial charge in [0.25, 0.3) is 0 Å². The van der Waals surface area contributed by atoms with Gasteiger partial charge in [-0.1, -0.05) is 243 Å². The van der Waals surface area contributed by atoms with Gasteiger partial charge in [0.2, 0.25) is 0 Å². The highest BCUT2D eigenvalue weighted by Gasteiger charge is 2.33. The third kappa shape index (κ3) is 5.27. The van der Waals surface area contributed by atoms with Crippen LogP contribution in [0.2, 0.25) is 0 Å². The number of hydrogen-bond donors (Lipinski definition) is 0. The van der Waals surface area contributed by atoms with Gasteiger partial charge >= 0.3 is 0 Å². The minimum Gasteiger partial charge on any atom is -0.0622 e. The summed E-state index contributed by atoms with van der Waals surface area (Å²) in [6, 6.07) is 85.3. The smallest absolute Gasteiger partial charge is 0.000741 e. The van der Waals surface area contributed by atoms with Crippen LogP contribution in [0, 0.1) is 0 Å². The van der Waals surface area contributed by atoms with Crippen molar-refractivity contribution in [3.05, 3.63) is 242 Å². The zero-order chi connectivity index (χ0) is 43.3. The first-order valence-electron chi connectivity index (χ1n) is 23.0. The Balaban J connectivity index is 0.978. The fraction of sp³-hybridized carbons (Fsp3) is 0. The molecule has 14 rings (SSSR count). The van der Waals surface area contributed by atoms with Crippen LogP contribution in [0.15, 0.2) is 231 Å². The summed E-state index contributed by atoms with van der Waals surface area (Å²) in [5.74, 6) is 0. The molecule has 0 saturated carbocycles. The van der Waals surface area contributed by atoms with Gasteiger partial charge in [0.1, 0.15) is 0 Å². The zero-order valence-electron chi connectivity index (χ0n) is 36.1. The highest BCUT2D eigenvalue weighted by Crippen LogP contribution is 2.60. The molecule has 0 spiro atoms. The molecule has 0 N–H and O–H groups in total. The Bertz CT molecular complexity index is 3540. The van der Waals surface area contributed by atoms with Gasteiger partial charge in [-0.3, -0.25) is 0 Å². The SMILES string of the molecule is C(=Cc1ccc2c3c(cccc13)-c1c-2c(-c2ccccc2)c2ccccc2c1-c1ccccc1)c1ccc2c3c(cccc13)-c1c-2c(-c2ccccc2)c2ccccc2c1-c1ccccc1. The second kappa shape index (κ2) is 14.5. The Labute approximate surface area is 384 Å². The molecular formula is C66H40. The van der Waals surface area contributed by atoms with Crippen LogP contribution < -0.4 is 0 Å². The first-order valence-corrected chi connectivity index (χ1v) is 23.0. The maximum Gasteiger partial charge on any atom is -0.000741 e. The van der Waals surface area contributed by atoms with Gasteiger partial charge in [-0.15, -0.1) is 0 Å². The van der Waals surface area contributed by atoms with E-state index >= 15 is 0 Å². The molecule has 2 aliphatic carbocycles. The first kappa shape index (κ1) is 36.9. The van der Waals surface area contributed by atoms with Crippen LogP contribution in [0.4, 0.5) is 0 Å². The number of benzene rings is 12. The molecule has 0 atom stereocenters. The summed E-state index contributed by atoms with van der Waals surface area (Å²) in [7, 11) is 0. The Kier molecular flexibility index (Phi) is 8.08. The quantitative estimate of drug-likeness (QED) is 0.146. The molecule has 0 heterocycles. The molecule has 0 bridgehead atoms. The Hall–Kier alpha value is -8.58. The van der Waals surface area contributed by atoms with Crippen LogP contribution in [0.5, 0.6) is 0 Å². The van der Waals surface area contributed by atoms with E-state index in [0.717, 1.165) is 0 Å². The Morgan fingerprint density at radius 3 is 0.742 bits per heavy atom. The molecule has 2 aliphatic rings. The molecule has 0 aromatic heterocycles. The predicted molar refractivity (Wildman–Crippen MR) is 282 cm³/mol. The van der Waals surface area contributed by atoms with Crippen molar-refractivity contribution in [1.82, 2.24) is 0 Å². The highest BCUT2D eigenvalue weighted by molar-refractivity contribution is 6.30. The first-order chi connectivity index (χ1) is 32.8. The standard InChI is InChI=1S/C66H40/c1-5-19-43(20-6-1)57-49-27-13-15-29-51(49)59(45-23-9-3-10-24-45)65-55-39-37-41(47-31-17-33-53(61(47)55)63(57)65)35-36-42-38-40-56-62-48(42)32-18-34-54(62)64-58(44-21-7-2-8-22-44)50-28-14-16-30-52(50)60(66(56)64)46-25-11-4-12-26-46/h1-40H. The molecule has 0 aliphatic heterocycles. The third-order valence-electron chi connectivity index (χ3n) is 14.3. The molecule has 12 aromatic rings. The van der Waals surface area contributed by atoms with E-state index in [0.29, 0.717) is 0 Å². The van der Waals surface area contributed by atoms with E-state index in [4.69, 9.17) is 0 Å². The van der Waals surface area contributed by atoms with Crippen molar-refractivity contribution in [2.75, 3.05) is 0 Å². The van der Waals surface area contributed by atoms with Crippen molar-refractivity contribution in [2.45, 2.75) is 0 Å². The third-order valence-corrected chi connectivity index (χ3v) is 14.3. The van der Waals surface area contributed by atoms with Gasteiger partial charge in [0.05, 0.1) is 0 Å². The highest BCUT2D eigenvalue weighted by atomic mass is 14.3. The number of hydrogen-bond acceptors (Lipinski definition) is 0. The average Bonchev–Trinajstić information content (AvgIpc) is 3.90. The van der Waals surface area contributed by atoms with Crippen LogP contribution >= 0.6 is 0 Å². The molecule has 66 heavy (non-hydrogen) atoms. The van der Waals surface area contributed by atoms with Crippen molar-refractivity contribution in [3.63, 3.8) is 0 Å². The van der Waals surface area contributed by atoms with Crippen LogP contribution in [0.25, 0.3) is 144 Å². The fourth-order valence-corrected chi connectivity index (χ4v) is 11.7. The topological polar surface area (TPSA) is 0 Å². The van der Waals surface area contributed by atoms with Crippen molar-refractivity contribution < 1.29 is 0 Å². The van der Waals surface area contributed by atoms with Gasteiger partial charge in [-0.25, -0.2) is 0 Å². The van der Waals surface area contributed by atoms with Crippen molar-refractivity contribution in [1.29, 1.82) is 0 Å². The summed E-state index contributed by atoms with van der Waals surface area (Å²) in [5.41, 5.74) is 23.1. The van der Waals surface area contributed by atoms with E-state index in [2.05, 4.69) is 243 Å². The molecule has 0 nitrogen and oxygen atoms in total. The summed E-state index contributed by atoms with van der Waals surface area (Å²) in [6.07, 6.45) is 4.70. The van der Waals surface area contributed by atoms with Crippen LogP contribution in [-0.2, 0) is 0 Å². The fourth-order valence-electron chi connectivity index (χ4n) is 11.7. The maximum atomic E-state index is 2.39. The van der Waals surface area contributed by atoms with Crippen molar-refractivity contribution in [2.24, 2.45) is 0 Å². The largest absolute Gasteiger partial charge is 0.0622 e. The van der Waals surface area contributed by atoms with E-state index in [1.54, 1.807) is 0 Å². The lowest BCUT2D eigenvalue weighted by Gasteiger charge is -2.20. The van der Waals surface area contributed by atoms with Crippen LogP contribution in [0.1, 0.15) is 11.1 Å². The molecule has 0 radical (unpaired) electrons. The molecule has 304 valence electrons. The van der Waals surface area contributed by atoms with E-state index in [1.807, 2.05) is 0 Å². The molecule has 0 unspecified atom stereocenters. The maximum absolute atomic E-state index is 2.39. The predicted octanol–water partition coefficient (Wildman–Crippen LogP) is 18.4. The summed E-state index contributed by atoms with van der Waals surface area (Å²) in [6.45, 7) is 0. The monoisotopic (exact) mass is 832 g/mol. The summed E-state index contributed by atoms with van der Waals surface area (Å²) in [5, 5.41) is 10.3.